The average Bonchev–Trinajstić information content (AvgIpc) is 3.11. The van der Waals surface area contributed by atoms with Gasteiger partial charge in [0.1, 0.15) is 18.2 Å². The van der Waals surface area contributed by atoms with Gasteiger partial charge in [-0.3, -0.25) is 24.3 Å². The fourth-order valence-electron chi connectivity index (χ4n) is 3.38. The minimum Gasteiger partial charge on any atom is -0.493 e. The van der Waals surface area contributed by atoms with E-state index in [0.29, 0.717) is 40.4 Å². The molecule has 1 N–H and O–H groups in total. The predicted octanol–water partition coefficient (Wildman–Crippen LogP) is 2.04. The summed E-state index contributed by atoms with van der Waals surface area (Å²) in [6, 6.07) is 10.5. The first-order valence-corrected chi connectivity index (χ1v) is 10.6. The van der Waals surface area contributed by atoms with Crippen molar-refractivity contribution in [3.63, 3.8) is 0 Å². The number of hydrogen-bond donors (Lipinski definition) is 1. The van der Waals surface area contributed by atoms with E-state index in [2.05, 4.69) is 10.3 Å². The van der Waals surface area contributed by atoms with E-state index >= 15 is 0 Å². The number of nitrogens with one attached hydrogen (secondary N) is 1. The van der Waals surface area contributed by atoms with Crippen molar-refractivity contribution >= 4 is 63.4 Å². The summed E-state index contributed by atoms with van der Waals surface area (Å²) in [7, 11) is 4.67. The Kier molecular flexibility index (Phi) is 8.06. The van der Waals surface area contributed by atoms with Crippen LogP contribution in [0, 0.1) is 0 Å². The van der Waals surface area contributed by atoms with E-state index in [4.69, 9.17) is 14.2 Å². The number of imide groups is 1. The minimum atomic E-state index is -0.416. The zero-order chi connectivity index (χ0) is 22.8. The Bertz CT molecular complexity index is 1260. The summed E-state index contributed by atoms with van der Waals surface area (Å²) < 4.78 is 17.8. The van der Waals surface area contributed by atoms with Gasteiger partial charge in [-0.25, -0.2) is 4.98 Å². The number of benzene rings is 2. The van der Waals surface area contributed by atoms with Crippen LogP contribution in [0.2, 0.25) is 0 Å². The van der Waals surface area contributed by atoms with Crippen LogP contribution in [0.15, 0.2) is 41.2 Å². The molecule has 9 nitrogen and oxygen atoms in total. The molecule has 2 aromatic carbocycles. The quantitative estimate of drug-likeness (QED) is 0.514. The van der Waals surface area contributed by atoms with Crippen molar-refractivity contribution in [1.82, 2.24) is 14.9 Å². The number of amides is 2. The van der Waals surface area contributed by atoms with E-state index in [0.717, 1.165) is 17.3 Å². The van der Waals surface area contributed by atoms with Gasteiger partial charge in [-0.2, -0.15) is 0 Å². The molecule has 2 amide bonds. The fraction of sp³-hybridized carbons (Fsp3) is 0.273. The molecule has 1 radical (unpaired) electrons. The average molecular weight is 478 g/mol. The first-order chi connectivity index (χ1) is 15.4. The zero-order valence-corrected chi connectivity index (χ0v) is 21.5. The van der Waals surface area contributed by atoms with Crippen LogP contribution in [-0.4, -0.2) is 69.7 Å². The van der Waals surface area contributed by atoms with Gasteiger partial charge in [0.05, 0.1) is 30.4 Å². The summed E-state index contributed by atoms with van der Waals surface area (Å²) in [5.74, 6) is 1.73. The summed E-state index contributed by atoms with van der Waals surface area (Å²) >= 11 is 1.00. The molecule has 167 valence electrons. The van der Waals surface area contributed by atoms with Crippen molar-refractivity contribution in [3.05, 3.63) is 58.1 Å². The van der Waals surface area contributed by atoms with E-state index in [1.54, 1.807) is 31.3 Å². The Morgan fingerprint density at radius 3 is 2.33 bits per heavy atom. The number of ether oxygens (including phenoxy) is 3. The first kappa shape index (κ1) is 25.1. The Morgan fingerprint density at radius 1 is 1.06 bits per heavy atom. The summed E-state index contributed by atoms with van der Waals surface area (Å²) in [4.78, 5) is 40.4. The molecular weight excluding hydrogens is 457 g/mol. The predicted molar refractivity (Wildman–Crippen MR) is 125 cm³/mol. The maximum atomic E-state index is 12.8. The van der Waals surface area contributed by atoms with E-state index < -0.39 is 5.25 Å². The number of methoxy groups -OCH3 is 2. The van der Waals surface area contributed by atoms with E-state index in [1.165, 1.54) is 18.8 Å². The zero-order valence-electron chi connectivity index (χ0n) is 18.7. The van der Waals surface area contributed by atoms with E-state index in [-0.39, 0.29) is 52.9 Å². The number of aromatic nitrogens is 2. The molecule has 1 aliphatic rings. The van der Waals surface area contributed by atoms with Gasteiger partial charge in [0.2, 0.25) is 5.91 Å². The second-order valence-electron chi connectivity index (χ2n) is 7.14. The van der Waals surface area contributed by atoms with Crippen molar-refractivity contribution in [3.8, 4) is 17.2 Å². The standard InChI is InChI=1S/C22H21N3O6S.Na/c1-25-19(23-15-10-17(30-3)16(29-2)9-14(15)21(25)27)11-31-13-6-4-12(5-7-13)8-18-20(26)24-22(28)32-18;/h4-7,9-10,18H,8,11H2,1-3H3,(H,24,26,28);. The van der Waals surface area contributed by atoms with Crippen molar-refractivity contribution in [2.24, 2.45) is 7.05 Å². The molecule has 1 atom stereocenters. The molecule has 1 aromatic heterocycles. The number of rotatable bonds is 7. The molecule has 4 rings (SSSR count). The van der Waals surface area contributed by atoms with Crippen LogP contribution in [0.5, 0.6) is 17.2 Å². The van der Waals surface area contributed by atoms with Crippen LogP contribution in [0.25, 0.3) is 10.9 Å². The molecule has 11 heteroatoms. The molecule has 0 bridgehead atoms. The molecule has 0 saturated carbocycles. The molecule has 0 spiro atoms. The van der Waals surface area contributed by atoms with Gasteiger partial charge < -0.3 is 14.2 Å². The van der Waals surface area contributed by atoms with Crippen molar-refractivity contribution in [2.45, 2.75) is 18.3 Å². The van der Waals surface area contributed by atoms with Crippen molar-refractivity contribution in [2.75, 3.05) is 14.2 Å². The molecule has 0 aliphatic carbocycles. The topological polar surface area (TPSA) is 109 Å². The smallest absolute Gasteiger partial charge is 0.286 e. The SMILES string of the molecule is COc1cc2nc(COc3ccc(CC4SC(=O)NC4=O)cc3)n(C)c(=O)c2cc1OC.[Na]. The minimum absolute atomic E-state index is 0. The van der Waals surface area contributed by atoms with Gasteiger partial charge in [0, 0.05) is 42.7 Å². The third-order valence-electron chi connectivity index (χ3n) is 5.15. The summed E-state index contributed by atoms with van der Waals surface area (Å²) in [5.41, 5.74) is 1.19. The Balaban J connectivity index is 0.00000306. The third kappa shape index (κ3) is 5.35. The van der Waals surface area contributed by atoms with Crippen LogP contribution in [0.1, 0.15) is 11.4 Å². The summed E-state index contributed by atoms with van der Waals surface area (Å²) in [6.07, 6.45) is 0.453. The van der Waals surface area contributed by atoms with Crippen LogP contribution >= 0.6 is 11.8 Å². The molecule has 1 aliphatic heterocycles. The van der Waals surface area contributed by atoms with Gasteiger partial charge >= 0.3 is 0 Å². The molecule has 1 fully saturated rings. The van der Waals surface area contributed by atoms with Crippen LogP contribution in [-0.2, 0) is 24.9 Å². The maximum Gasteiger partial charge on any atom is 0.286 e. The second-order valence-corrected chi connectivity index (χ2v) is 8.31. The molecule has 1 unspecified atom stereocenters. The van der Waals surface area contributed by atoms with Gasteiger partial charge in [0.25, 0.3) is 10.8 Å². The number of thioether (sulfide) groups is 1. The van der Waals surface area contributed by atoms with Crippen molar-refractivity contribution in [1.29, 1.82) is 0 Å². The third-order valence-corrected chi connectivity index (χ3v) is 6.13. The molecule has 2 heterocycles. The first-order valence-electron chi connectivity index (χ1n) is 9.74. The molecule has 1 saturated heterocycles. The van der Waals surface area contributed by atoms with E-state index in [9.17, 15) is 14.4 Å². The summed E-state index contributed by atoms with van der Waals surface area (Å²) in [5, 5.41) is 1.97. The molecule has 33 heavy (non-hydrogen) atoms. The van der Waals surface area contributed by atoms with Crippen molar-refractivity contribution < 1.29 is 23.8 Å². The Labute approximate surface area is 216 Å². The number of fused-ring (bicyclic) bond motifs is 1. The van der Waals surface area contributed by atoms with Crippen LogP contribution < -0.4 is 25.1 Å². The van der Waals surface area contributed by atoms with Crippen LogP contribution in [0.3, 0.4) is 0 Å². The van der Waals surface area contributed by atoms with Crippen LogP contribution in [0.4, 0.5) is 4.79 Å². The van der Waals surface area contributed by atoms with Gasteiger partial charge in [0.15, 0.2) is 11.5 Å². The summed E-state index contributed by atoms with van der Waals surface area (Å²) in [6.45, 7) is 0.0881. The number of carbonyl (C=O) groups excluding carboxylic acids is 2. The number of nitrogens with zero attached hydrogens (tertiary/aromatic N) is 2. The Morgan fingerprint density at radius 2 is 1.73 bits per heavy atom. The fourth-order valence-corrected chi connectivity index (χ4v) is 4.24. The Hall–Kier alpha value is -2.53. The van der Waals surface area contributed by atoms with E-state index in [1.807, 2.05) is 12.1 Å². The normalized spacial score (nSPS) is 15.2. The maximum absolute atomic E-state index is 12.8. The number of hydrogen-bond acceptors (Lipinski definition) is 8. The molecular formula is C22H21N3NaO6S. The van der Waals surface area contributed by atoms with Gasteiger partial charge in [-0.05, 0) is 30.2 Å². The second kappa shape index (κ2) is 10.6. The van der Waals surface area contributed by atoms with Gasteiger partial charge in [-0.15, -0.1) is 0 Å². The van der Waals surface area contributed by atoms with Gasteiger partial charge in [-0.1, -0.05) is 23.9 Å². The largest absolute Gasteiger partial charge is 0.493 e. The molecule has 3 aromatic rings. The number of carbonyl (C=O) groups is 2. The monoisotopic (exact) mass is 478 g/mol.